The Labute approximate surface area is 50.2 Å². The Bertz CT molecular complexity index is 156. The Kier molecular flexibility index (Phi) is 1.34. The Morgan fingerprint density at radius 3 is 2.50 bits per heavy atom. The first kappa shape index (κ1) is 5.36. The molecule has 0 unspecified atom stereocenters. The molecule has 0 aliphatic rings. The summed E-state index contributed by atoms with van der Waals surface area (Å²) in [7, 11) is 0. The molecule has 0 amide bonds. The molecular weight excluding hydrogens is 96.1 g/mol. The van der Waals surface area contributed by atoms with Gasteiger partial charge in [-0.05, 0) is 0 Å². The number of aryl methyl sites for hydroxylation is 2. The van der Waals surface area contributed by atoms with Gasteiger partial charge in [-0.15, -0.1) is 0 Å². The average molecular weight is 105 g/mol. The maximum atomic E-state index is 3.10. The van der Waals surface area contributed by atoms with E-state index >= 15 is 0 Å². The SMILES string of the molecule is Cc1[c-]cccc1C. The molecule has 1 aromatic carbocycles. The second kappa shape index (κ2) is 1.99. The van der Waals surface area contributed by atoms with E-state index in [9.17, 15) is 0 Å². The van der Waals surface area contributed by atoms with E-state index in [1.807, 2.05) is 12.1 Å². The van der Waals surface area contributed by atoms with Gasteiger partial charge in [0.2, 0.25) is 0 Å². The molecule has 0 heterocycles. The van der Waals surface area contributed by atoms with E-state index in [1.54, 1.807) is 0 Å². The largest absolute Gasteiger partial charge is 0.180 e. The summed E-state index contributed by atoms with van der Waals surface area (Å²) in [5.41, 5.74) is 2.56. The van der Waals surface area contributed by atoms with Crippen molar-refractivity contribution in [3.05, 3.63) is 35.4 Å². The Morgan fingerprint density at radius 1 is 1.38 bits per heavy atom. The zero-order chi connectivity index (χ0) is 5.98. The summed E-state index contributed by atoms with van der Waals surface area (Å²) in [6.07, 6.45) is 0. The molecule has 0 aliphatic carbocycles. The van der Waals surface area contributed by atoms with Gasteiger partial charge in [-0.25, -0.2) is 0 Å². The van der Waals surface area contributed by atoms with Crippen molar-refractivity contribution < 1.29 is 0 Å². The van der Waals surface area contributed by atoms with Crippen LogP contribution in [-0.2, 0) is 0 Å². The summed E-state index contributed by atoms with van der Waals surface area (Å²) < 4.78 is 0. The van der Waals surface area contributed by atoms with Gasteiger partial charge in [0.15, 0.2) is 0 Å². The molecule has 0 aliphatic heterocycles. The van der Waals surface area contributed by atoms with Gasteiger partial charge < -0.3 is 0 Å². The van der Waals surface area contributed by atoms with E-state index in [0.717, 1.165) is 0 Å². The predicted octanol–water partition coefficient (Wildman–Crippen LogP) is 2.10. The summed E-state index contributed by atoms with van der Waals surface area (Å²) >= 11 is 0. The molecular formula is C8H9-. The Morgan fingerprint density at radius 2 is 2.12 bits per heavy atom. The molecule has 0 N–H and O–H groups in total. The molecule has 0 saturated heterocycles. The highest BCUT2D eigenvalue weighted by molar-refractivity contribution is 5.22. The van der Waals surface area contributed by atoms with E-state index < -0.39 is 0 Å². The summed E-state index contributed by atoms with van der Waals surface area (Å²) in [6, 6.07) is 9.12. The Balaban J connectivity index is 3.13. The minimum Gasteiger partial charge on any atom is -0.180 e. The van der Waals surface area contributed by atoms with Crippen molar-refractivity contribution in [2.24, 2.45) is 0 Å². The predicted molar refractivity (Wildman–Crippen MR) is 34.8 cm³/mol. The van der Waals surface area contributed by atoms with Crippen molar-refractivity contribution in [2.45, 2.75) is 13.8 Å². The lowest BCUT2D eigenvalue weighted by Crippen LogP contribution is -1.75. The highest BCUT2D eigenvalue weighted by Gasteiger charge is 1.73. The fourth-order valence-electron chi connectivity index (χ4n) is 0.604. The van der Waals surface area contributed by atoms with Crippen LogP contribution in [0.1, 0.15) is 11.1 Å². The highest BCUT2D eigenvalue weighted by atomic mass is 13.9. The van der Waals surface area contributed by atoms with E-state index in [-0.39, 0.29) is 0 Å². The minimum atomic E-state index is 1.24. The average Bonchev–Trinajstić information content (AvgIpc) is 1.77. The van der Waals surface area contributed by atoms with Gasteiger partial charge in [0.05, 0.1) is 0 Å². The van der Waals surface area contributed by atoms with Crippen molar-refractivity contribution in [2.75, 3.05) is 0 Å². The van der Waals surface area contributed by atoms with Crippen LogP contribution >= 0.6 is 0 Å². The van der Waals surface area contributed by atoms with Crippen molar-refractivity contribution in [3.8, 4) is 0 Å². The molecule has 0 spiro atoms. The fourth-order valence-corrected chi connectivity index (χ4v) is 0.604. The first-order valence-electron chi connectivity index (χ1n) is 2.74. The van der Waals surface area contributed by atoms with Crippen molar-refractivity contribution >= 4 is 0 Å². The summed E-state index contributed by atoms with van der Waals surface area (Å²) in [5, 5.41) is 0. The first-order valence-corrected chi connectivity index (χ1v) is 2.74. The lowest BCUT2D eigenvalue weighted by molar-refractivity contribution is 1.33. The second-order valence-electron chi connectivity index (χ2n) is 1.98. The van der Waals surface area contributed by atoms with Gasteiger partial charge in [0, 0.05) is 0 Å². The third-order valence-electron chi connectivity index (χ3n) is 1.33. The molecule has 0 saturated carbocycles. The fraction of sp³-hybridized carbons (Fsp3) is 0.250. The summed E-state index contributed by atoms with van der Waals surface area (Å²) in [6.45, 7) is 4.15. The quantitative estimate of drug-likeness (QED) is 0.443. The topological polar surface area (TPSA) is 0 Å². The van der Waals surface area contributed by atoms with Gasteiger partial charge in [0.25, 0.3) is 0 Å². The van der Waals surface area contributed by atoms with Crippen molar-refractivity contribution in [1.29, 1.82) is 0 Å². The number of rotatable bonds is 0. The maximum Gasteiger partial charge on any atom is -0.0627 e. The molecule has 0 atom stereocenters. The van der Waals surface area contributed by atoms with Crippen LogP contribution in [0.2, 0.25) is 0 Å². The molecule has 0 bridgehead atoms. The molecule has 8 heavy (non-hydrogen) atoms. The molecule has 1 aromatic rings. The van der Waals surface area contributed by atoms with E-state index in [0.29, 0.717) is 0 Å². The molecule has 42 valence electrons. The smallest absolute Gasteiger partial charge is 0.0627 e. The van der Waals surface area contributed by atoms with Gasteiger partial charge in [-0.2, -0.15) is 35.4 Å². The van der Waals surface area contributed by atoms with Gasteiger partial charge in [0.1, 0.15) is 0 Å². The first-order chi connectivity index (χ1) is 3.80. The van der Waals surface area contributed by atoms with Gasteiger partial charge >= 0.3 is 0 Å². The molecule has 0 aromatic heterocycles. The van der Waals surface area contributed by atoms with Crippen LogP contribution in [0.3, 0.4) is 0 Å². The third-order valence-corrected chi connectivity index (χ3v) is 1.33. The van der Waals surface area contributed by atoms with Gasteiger partial charge in [-0.1, -0.05) is 13.8 Å². The molecule has 0 nitrogen and oxygen atoms in total. The molecule has 0 heteroatoms. The van der Waals surface area contributed by atoms with Crippen molar-refractivity contribution in [1.82, 2.24) is 0 Å². The minimum absolute atomic E-state index is 1.24. The van der Waals surface area contributed by atoms with Crippen LogP contribution in [-0.4, -0.2) is 0 Å². The van der Waals surface area contributed by atoms with Crippen LogP contribution in [0.15, 0.2) is 18.2 Å². The zero-order valence-electron chi connectivity index (χ0n) is 5.23. The van der Waals surface area contributed by atoms with Crippen LogP contribution in [0.5, 0.6) is 0 Å². The molecule has 0 radical (unpaired) electrons. The Hall–Kier alpha value is -0.780. The van der Waals surface area contributed by atoms with Crippen LogP contribution in [0.4, 0.5) is 0 Å². The van der Waals surface area contributed by atoms with E-state index in [2.05, 4.69) is 26.0 Å². The number of hydrogen-bond acceptors (Lipinski definition) is 0. The second-order valence-corrected chi connectivity index (χ2v) is 1.98. The molecule has 0 fully saturated rings. The number of hydrogen-bond donors (Lipinski definition) is 0. The normalized spacial score (nSPS) is 9.25. The van der Waals surface area contributed by atoms with E-state index in [4.69, 9.17) is 0 Å². The van der Waals surface area contributed by atoms with Crippen LogP contribution in [0, 0.1) is 19.9 Å². The van der Waals surface area contributed by atoms with Crippen LogP contribution < -0.4 is 0 Å². The van der Waals surface area contributed by atoms with Crippen LogP contribution in [0.25, 0.3) is 0 Å². The molecule has 1 rings (SSSR count). The van der Waals surface area contributed by atoms with Crippen molar-refractivity contribution in [3.63, 3.8) is 0 Å². The van der Waals surface area contributed by atoms with Gasteiger partial charge in [-0.3, -0.25) is 0 Å². The standard InChI is InChI=1S/C8H9/c1-7-5-3-4-6-8(7)2/h3-5H,1-2H3/q-1. The lowest BCUT2D eigenvalue weighted by Gasteiger charge is -2.03. The zero-order valence-corrected chi connectivity index (χ0v) is 5.23. The van der Waals surface area contributed by atoms with E-state index in [1.165, 1.54) is 11.1 Å². The monoisotopic (exact) mass is 105 g/mol. The third kappa shape index (κ3) is 0.890. The highest BCUT2D eigenvalue weighted by Crippen LogP contribution is 2.01. The number of benzene rings is 1. The maximum absolute atomic E-state index is 3.10. The summed E-state index contributed by atoms with van der Waals surface area (Å²) in [4.78, 5) is 0. The summed E-state index contributed by atoms with van der Waals surface area (Å²) in [5.74, 6) is 0. The lowest BCUT2D eigenvalue weighted by atomic mass is 10.1.